The van der Waals surface area contributed by atoms with Gasteiger partial charge in [-0.05, 0) is 24.8 Å². The van der Waals surface area contributed by atoms with Gasteiger partial charge >= 0.3 is 0 Å². The molecule has 98 valence electrons. The zero-order valence-corrected chi connectivity index (χ0v) is 10.9. The second-order valence-corrected chi connectivity index (χ2v) is 5.40. The normalized spacial score (nSPS) is 18.1. The predicted octanol–water partition coefficient (Wildman–Crippen LogP) is 2.20. The molecule has 0 saturated heterocycles. The highest BCUT2D eigenvalue weighted by molar-refractivity contribution is 5.76. The van der Waals surface area contributed by atoms with E-state index in [1.165, 1.54) is 12.8 Å². The van der Waals surface area contributed by atoms with Crippen LogP contribution in [0.2, 0.25) is 0 Å². The van der Waals surface area contributed by atoms with Gasteiger partial charge in [0.25, 0.3) is 0 Å². The van der Waals surface area contributed by atoms with Crippen molar-refractivity contribution < 1.29 is 9.90 Å². The molecule has 0 heterocycles. The molecule has 1 atom stereocenters. The molecule has 3 nitrogen and oxygen atoms in total. The summed E-state index contributed by atoms with van der Waals surface area (Å²) in [6.07, 6.45) is 4.11. The molecular formula is C15H21NO2. The Labute approximate surface area is 108 Å². The van der Waals surface area contributed by atoms with Crippen LogP contribution >= 0.6 is 0 Å². The Balaban J connectivity index is 1.78. The number of amides is 1. The minimum atomic E-state index is -1.00. The molecule has 1 amide bonds. The first-order valence-electron chi connectivity index (χ1n) is 6.62. The number of aliphatic hydroxyl groups is 1. The lowest BCUT2D eigenvalue weighted by atomic mass is 9.96. The molecule has 1 fully saturated rings. The zero-order chi connectivity index (χ0) is 13.0. The van der Waals surface area contributed by atoms with Crippen molar-refractivity contribution in [1.82, 2.24) is 5.32 Å². The van der Waals surface area contributed by atoms with Crippen molar-refractivity contribution in [3.63, 3.8) is 0 Å². The molecule has 0 bridgehead atoms. The highest BCUT2D eigenvalue weighted by atomic mass is 16.3. The maximum Gasteiger partial charge on any atom is 0.220 e. The Morgan fingerprint density at radius 1 is 1.39 bits per heavy atom. The summed E-state index contributed by atoms with van der Waals surface area (Å²) in [5.41, 5.74) is -0.177. The minimum absolute atomic E-state index is 0.0399. The second-order valence-electron chi connectivity index (χ2n) is 5.40. The van der Waals surface area contributed by atoms with Gasteiger partial charge in [0.2, 0.25) is 5.91 Å². The summed E-state index contributed by atoms with van der Waals surface area (Å²) < 4.78 is 0. The molecule has 1 aliphatic carbocycles. The van der Waals surface area contributed by atoms with Gasteiger partial charge in [-0.25, -0.2) is 0 Å². The van der Waals surface area contributed by atoms with Crippen molar-refractivity contribution >= 4 is 5.91 Å². The SMILES string of the molecule is CC(O)(CNC(=O)CCC1CC1)c1ccccc1. The number of nitrogens with one attached hydrogen (secondary N) is 1. The van der Waals surface area contributed by atoms with E-state index in [0.717, 1.165) is 17.9 Å². The van der Waals surface area contributed by atoms with Crippen molar-refractivity contribution in [2.45, 2.75) is 38.2 Å². The zero-order valence-electron chi connectivity index (χ0n) is 10.9. The smallest absolute Gasteiger partial charge is 0.220 e. The maximum absolute atomic E-state index is 11.6. The molecule has 1 unspecified atom stereocenters. The van der Waals surface area contributed by atoms with Gasteiger partial charge in [-0.1, -0.05) is 43.2 Å². The summed E-state index contributed by atoms with van der Waals surface area (Å²) in [6, 6.07) is 9.43. The molecule has 0 radical (unpaired) electrons. The van der Waals surface area contributed by atoms with Gasteiger partial charge in [-0.3, -0.25) is 4.79 Å². The van der Waals surface area contributed by atoms with Gasteiger partial charge in [0, 0.05) is 6.42 Å². The lowest BCUT2D eigenvalue weighted by Gasteiger charge is -2.24. The molecule has 0 spiro atoms. The highest BCUT2D eigenvalue weighted by Crippen LogP contribution is 2.33. The first-order valence-corrected chi connectivity index (χ1v) is 6.62. The number of hydrogen-bond donors (Lipinski definition) is 2. The van der Waals surface area contributed by atoms with Gasteiger partial charge < -0.3 is 10.4 Å². The minimum Gasteiger partial charge on any atom is -0.384 e. The summed E-state index contributed by atoms with van der Waals surface area (Å²) in [7, 11) is 0. The maximum atomic E-state index is 11.6. The fourth-order valence-corrected chi connectivity index (χ4v) is 2.00. The molecule has 1 saturated carbocycles. The average molecular weight is 247 g/mol. The van der Waals surface area contributed by atoms with E-state index in [1.54, 1.807) is 6.92 Å². The van der Waals surface area contributed by atoms with Gasteiger partial charge in [0.15, 0.2) is 0 Å². The van der Waals surface area contributed by atoms with Crippen LogP contribution in [0.25, 0.3) is 0 Å². The van der Waals surface area contributed by atoms with E-state index in [0.29, 0.717) is 6.42 Å². The first kappa shape index (κ1) is 13.1. The molecule has 1 aromatic rings. The average Bonchev–Trinajstić information content (AvgIpc) is 3.19. The van der Waals surface area contributed by atoms with Crippen molar-refractivity contribution in [3.05, 3.63) is 35.9 Å². The molecule has 1 aliphatic rings. The molecule has 18 heavy (non-hydrogen) atoms. The standard InChI is InChI=1S/C15H21NO2/c1-15(18,13-5-3-2-4-6-13)11-16-14(17)10-9-12-7-8-12/h2-6,12,18H,7-11H2,1H3,(H,16,17). The van der Waals surface area contributed by atoms with Crippen LogP contribution in [0, 0.1) is 5.92 Å². The summed E-state index contributed by atoms with van der Waals surface area (Å²) in [6.45, 7) is 1.99. The van der Waals surface area contributed by atoms with E-state index < -0.39 is 5.60 Å². The number of carbonyl (C=O) groups excluding carboxylic acids is 1. The predicted molar refractivity (Wildman–Crippen MR) is 71.0 cm³/mol. The summed E-state index contributed by atoms with van der Waals surface area (Å²) in [5, 5.41) is 13.1. The van der Waals surface area contributed by atoms with E-state index in [4.69, 9.17) is 0 Å². The van der Waals surface area contributed by atoms with Crippen LogP contribution in [0.5, 0.6) is 0 Å². The van der Waals surface area contributed by atoms with Crippen molar-refractivity contribution in [1.29, 1.82) is 0 Å². The summed E-state index contributed by atoms with van der Waals surface area (Å²) in [5.74, 6) is 0.809. The first-order chi connectivity index (χ1) is 8.58. The van der Waals surface area contributed by atoms with Crippen LogP contribution in [0.3, 0.4) is 0 Å². The summed E-state index contributed by atoms with van der Waals surface area (Å²) in [4.78, 5) is 11.6. The quantitative estimate of drug-likeness (QED) is 0.809. The molecule has 2 N–H and O–H groups in total. The lowest BCUT2D eigenvalue weighted by Crippen LogP contribution is -2.38. The Morgan fingerprint density at radius 2 is 2.06 bits per heavy atom. The van der Waals surface area contributed by atoms with E-state index in [1.807, 2.05) is 30.3 Å². The van der Waals surface area contributed by atoms with Crippen molar-refractivity contribution in [2.24, 2.45) is 5.92 Å². The van der Waals surface area contributed by atoms with Crippen LogP contribution in [0.1, 0.15) is 38.2 Å². The van der Waals surface area contributed by atoms with Crippen LogP contribution in [0.15, 0.2) is 30.3 Å². The number of rotatable bonds is 6. The van der Waals surface area contributed by atoms with Gasteiger partial charge in [-0.2, -0.15) is 0 Å². The Morgan fingerprint density at radius 3 is 2.67 bits per heavy atom. The van der Waals surface area contributed by atoms with Gasteiger partial charge in [0.05, 0.1) is 6.54 Å². The molecular weight excluding hydrogens is 226 g/mol. The third-order valence-corrected chi connectivity index (χ3v) is 3.50. The van der Waals surface area contributed by atoms with Crippen LogP contribution in [-0.4, -0.2) is 17.6 Å². The van der Waals surface area contributed by atoms with Crippen LogP contribution in [0.4, 0.5) is 0 Å². The fraction of sp³-hybridized carbons (Fsp3) is 0.533. The second kappa shape index (κ2) is 5.53. The molecule has 0 aliphatic heterocycles. The van der Waals surface area contributed by atoms with Crippen LogP contribution < -0.4 is 5.32 Å². The van der Waals surface area contributed by atoms with Gasteiger partial charge in [0.1, 0.15) is 5.60 Å². The van der Waals surface area contributed by atoms with E-state index >= 15 is 0 Å². The Bertz CT molecular complexity index is 396. The number of carbonyl (C=O) groups is 1. The lowest BCUT2D eigenvalue weighted by molar-refractivity contribution is -0.122. The van der Waals surface area contributed by atoms with Crippen molar-refractivity contribution in [3.8, 4) is 0 Å². The van der Waals surface area contributed by atoms with Crippen molar-refractivity contribution in [2.75, 3.05) is 6.54 Å². The Kier molecular flexibility index (Phi) is 4.02. The van der Waals surface area contributed by atoms with Crippen LogP contribution in [-0.2, 0) is 10.4 Å². The monoisotopic (exact) mass is 247 g/mol. The topological polar surface area (TPSA) is 49.3 Å². The third kappa shape index (κ3) is 3.84. The Hall–Kier alpha value is -1.35. The number of hydrogen-bond acceptors (Lipinski definition) is 2. The van der Waals surface area contributed by atoms with E-state index in [2.05, 4.69) is 5.32 Å². The molecule has 1 aromatic carbocycles. The largest absolute Gasteiger partial charge is 0.384 e. The highest BCUT2D eigenvalue weighted by Gasteiger charge is 2.25. The molecule has 2 rings (SSSR count). The molecule has 0 aromatic heterocycles. The summed E-state index contributed by atoms with van der Waals surface area (Å²) >= 11 is 0. The third-order valence-electron chi connectivity index (χ3n) is 3.50. The van der Waals surface area contributed by atoms with E-state index in [9.17, 15) is 9.90 Å². The number of benzene rings is 1. The fourth-order valence-electron chi connectivity index (χ4n) is 2.00. The van der Waals surface area contributed by atoms with E-state index in [-0.39, 0.29) is 12.5 Å². The molecule has 3 heteroatoms. The van der Waals surface area contributed by atoms with Gasteiger partial charge in [-0.15, -0.1) is 0 Å².